The van der Waals surface area contributed by atoms with E-state index in [1.165, 1.54) is 6.20 Å². The van der Waals surface area contributed by atoms with Crippen LogP contribution in [0.5, 0.6) is 0 Å². The molecule has 0 fully saturated rings. The van der Waals surface area contributed by atoms with Crippen LogP contribution in [-0.2, 0) is 6.54 Å². The molecule has 128 valence electrons. The maximum atomic E-state index is 12.4. The first-order valence-electron chi connectivity index (χ1n) is 8.06. The van der Waals surface area contributed by atoms with Crippen molar-refractivity contribution >= 4 is 11.7 Å². The van der Waals surface area contributed by atoms with Gasteiger partial charge in [-0.15, -0.1) is 0 Å². The second-order valence-electron chi connectivity index (χ2n) is 6.02. The van der Waals surface area contributed by atoms with Crippen molar-refractivity contribution in [1.82, 2.24) is 19.8 Å². The summed E-state index contributed by atoms with van der Waals surface area (Å²) in [5.41, 5.74) is 1.44. The summed E-state index contributed by atoms with van der Waals surface area (Å²) < 4.78 is 0. The van der Waals surface area contributed by atoms with Crippen LogP contribution in [0.4, 0.5) is 5.82 Å². The Bertz CT molecular complexity index is 628. The molecule has 0 spiro atoms. The average molecular weight is 327 g/mol. The molecule has 6 heteroatoms. The Kier molecular flexibility index (Phi) is 6.69. The minimum Gasteiger partial charge on any atom is -0.369 e. The van der Waals surface area contributed by atoms with Crippen LogP contribution in [0.3, 0.4) is 0 Å². The first kappa shape index (κ1) is 17.9. The number of hydrogen-bond acceptors (Lipinski definition) is 5. The Labute approximate surface area is 143 Å². The van der Waals surface area contributed by atoms with Gasteiger partial charge in [-0.25, -0.2) is 9.97 Å². The van der Waals surface area contributed by atoms with Gasteiger partial charge in [-0.1, -0.05) is 30.3 Å². The number of rotatable bonds is 8. The number of hydrogen-bond donors (Lipinski definition) is 1. The second kappa shape index (κ2) is 8.98. The molecule has 0 radical (unpaired) electrons. The standard InChI is InChI=1S/C18H25N5O/c1-22(2)11-7-10-19-17-13-20-16(12-21-17)18(24)23(3)14-15-8-5-4-6-9-15/h4-6,8-9,12-13H,7,10-11,14H2,1-3H3,(H,19,21). The molecule has 0 saturated carbocycles. The molecule has 0 aliphatic rings. The summed E-state index contributed by atoms with van der Waals surface area (Å²) in [7, 11) is 5.86. The number of anilines is 1. The third-order valence-electron chi connectivity index (χ3n) is 3.57. The van der Waals surface area contributed by atoms with E-state index in [9.17, 15) is 4.79 Å². The largest absolute Gasteiger partial charge is 0.369 e. The van der Waals surface area contributed by atoms with Gasteiger partial charge in [-0.3, -0.25) is 4.79 Å². The molecule has 0 aliphatic carbocycles. The SMILES string of the molecule is CN(C)CCCNc1cnc(C(=O)N(C)Cc2ccccc2)cn1. The van der Waals surface area contributed by atoms with Crippen LogP contribution in [0.25, 0.3) is 0 Å². The van der Waals surface area contributed by atoms with Crippen LogP contribution in [0.2, 0.25) is 0 Å². The van der Waals surface area contributed by atoms with Crippen molar-refractivity contribution in [2.75, 3.05) is 39.5 Å². The minimum atomic E-state index is -0.134. The summed E-state index contributed by atoms with van der Waals surface area (Å²) in [6.07, 6.45) is 4.16. The highest BCUT2D eigenvalue weighted by atomic mass is 16.2. The van der Waals surface area contributed by atoms with E-state index in [2.05, 4.69) is 20.2 Å². The maximum absolute atomic E-state index is 12.4. The Balaban J connectivity index is 1.86. The Morgan fingerprint density at radius 3 is 2.46 bits per heavy atom. The summed E-state index contributed by atoms with van der Waals surface area (Å²) in [5, 5.41) is 3.21. The quantitative estimate of drug-likeness (QED) is 0.753. The topological polar surface area (TPSA) is 61.4 Å². The fourth-order valence-corrected chi connectivity index (χ4v) is 2.27. The molecule has 2 rings (SSSR count). The molecule has 0 atom stereocenters. The Hall–Kier alpha value is -2.47. The van der Waals surface area contributed by atoms with E-state index >= 15 is 0 Å². The predicted octanol–water partition coefficient (Wildman–Crippen LogP) is 2.11. The molecule has 1 heterocycles. The number of carbonyl (C=O) groups is 1. The summed E-state index contributed by atoms with van der Waals surface area (Å²) in [5.74, 6) is 0.557. The summed E-state index contributed by atoms with van der Waals surface area (Å²) in [6, 6.07) is 9.88. The fourth-order valence-electron chi connectivity index (χ4n) is 2.27. The van der Waals surface area contributed by atoms with Gasteiger partial charge in [0.15, 0.2) is 0 Å². The molecule has 1 aromatic heterocycles. The van der Waals surface area contributed by atoms with Gasteiger partial charge in [0, 0.05) is 20.1 Å². The van der Waals surface area contributed by atoms with Gasteiger partial charge >= 0.3 is 0 Å². The van der Waals surface area contributed by atoms with E-state index in [-0.39, 0.29) is 5.91 Å². The number of benzene rings is 1. The molecule has 2 aromatic rings. The molecular formula is C18H25N5O. The molecule has 6 nitrogen and oxygen atoms in total. The van der Waals surface area contributed by atoms with Crippen molar-refractivity contribution in [2.24, 2.45) is 0 Å². The van der Waals surface area contributed by atoms with Gasteiger partial charge in [0.25, 0.3) is 5.91 Å². The Morgan fingerprint density at radius 2 is 1.83 bits per heavy atom. The summed E-state index contributed by atoms with van der Waals surface area (Å²) >= 11 is 0. The number of aromatic nitrogens is 2. The maximum Gasteiger partial charge on any atom is 0.274 e. The first-order chi connectivity index (χ1) is 11.6. The molecule has 1 amide bonds. The van der Waals surface area contributed by atoms with Crippen LogP contribution in [-0.4, -0.2) is 59.9 Å². The van der Waals surface area contributed by atoms with Gasteiger partial charge in [-0.05, 0) is 32.6 Å². The smallest absolute Gasteiger partial charge is 0.274 e. The first-order valence-corrected chi connectivity index (χ1v) is 8.06. The third-order valence-corrected chi connectivity index (χ3v) is 3.57. The highest BCUT2D eigenvalue weighted by molar-refractivity contribution is 5.91. The lowest BCUT2D eigenvalue weighted by atomic mass is 10.2. The van der Waals surface area contributed by atoms with Gasteiger partial charge in [0.1, 0.15) is 11.5 Å². The van der Waals surface area contributed by atoms with Crippen molar-refractivity contribution in [3.8, 4) is 0 Å². The molecule has 0 unspecified atom stereocenters. The number of carbonyl (C=O) groups excluding carboxylic acids is 1. The zero-order valence-electron chi connectivity index (χ0n) is 14.6. The lowest BCUT2D eigenvalue weighted by Gasteiger charge is -2.16. The highest BCUT2D eigenvalue weighted by Gasteiger charge is 2.13. The molecule has 1 aromatic carbocycles. The second-order valence-corrected chi connectivity index (χ2v) is 6.02. The van der Waals surface area contributed by atoms with Gasteiger partial charge in [0.05, 0.1) is 12.4 Å². The van der Waals surface area contributed by atoms with Crippen molar-refractivity contribution in [3.63, 3.8) is 0 Å². The zero-order valence-corrected chi connectivity index (χ0v) is 14.6. The van der Waals surface area contributed by atoms with Gasteiger partial charge in [0.2, 0.25) is 0 Å². The van der Waals surface area contributed by atoms with Gasteiger partial charge < -0.3 is 15.1 Å². The van der Waals surface area contributed by atoms with Crippen molar-refractivity contribution in [3.05, 3.63) is 54.0 Å². The van der Waals surface area contributed by atoms with Crippen LogP contribution >= 0.6 is 0 Å². The van der Waals surface area contributed by atoms with E-state index < -0.39 is 0 Å². The number of nitrogens with zero attached hydrogens (tertiary/aromatic N) is 4. The molecular weight excluding hydrogens is 302 g/mol. The minimum absolute atomic E-state index is 0.134. The van der Waals surface area contributed by atoms with Crippen molar-refractivity contribution < 1.29 is 4.79 Å². The van der Waals surface area contributed by atoms with E-state index in [0.717, 1.165) is 25.1 Å². The van der Waals surface area contributed by atoms with E-state index in [4.69, 9.17) is 0 Å². The zero-order chi connectivity index (χ0) is 17.4. The van der Waals surface area contributed by atoms with E-state index in [1.807, 2.05) is 44.4 Å². The third kappa shape index (κ3) is 5.62. The highest BCUT2D eigenvalue weighted by Crippen LogP contribution is 2.07. The predicted molar refractivity (Wildman–Crippen MR) is 95.9 cm³/mol. The average Bonchev–Trinajstić information content (AvgIpc) is 2.59. The summed E-state index contributed by atoms with van der Waals surface area (Å²) in [4.78, 5) is 24.7. The van der Waals surface area contributed by atoms with Gasteiger partial charge in [-0.2, -0.15) is 0 Å². The lowest BCUT2D eigenvalue weighted by molar-refractivity contribution is 0.0779. The molecule has 0 saturated heterocycles. The number of amides is 1. The van der Waals surface area contributed by atoms with Crippen LogP contribution in [0.15, 0.2) is 42.7 Å². The Morgan fingerprint density at radius 1 is 1.08 bits per heavy atom. The molecule has 24 heavy (non-hydrogen) atoms. The molecule has 0 aliphatic heterocycles. The molecule has 1 N–H and O–H groups in total. The van der Waals surface area contributed by atoms with Crippen LogP contribution in [0.1, 0.15) is 22.5 Å². The fraction of sp³-hybridized carbons (Fsp3) is 0.389. The summed E-state index contributed by atoms with van der Waals surface area (Å²) in [6.45, 7) is 2.39. The van der Waals surface area contributed by atoms with E-state index in [0.29, 0.717) is 18.1 Å². The normalized spacial score (nSPS) is 10.7. The number of nitrogens with one attached hydrogen (secondary N) is 1. The van der Waals surface area contributed by atoms with Crippen molar-refractivity contribution in [1.29, 1.82) is 0 Å². The van der Waals surface area contributed by atoms with E-state index in [1.54, 1.807) is 18.1 Å². The van der Waals surface area contributed by atoms with Crippen LogP contribution < -0.4 is 5.32 Å². The lowest BCUT2D eigenvalue weighted by Crippen LogP contribution is -2.27. The molecule has 0 bridgehead atoms. The van der Waals surface area contributed by atoms with Crippen LogP contribution in [0, 0.1) is 0 Å². The monoisotopic (exact) mass is 327 g/mol. The van der Waals surface area contributed by atoms with Crippen molar-refractivity contribution in [2.45, 2.75) is 13.0 Å².